The molecule has 0 fully saturated rings. The number of ether oxygens (including phenoxy) is 2. The smallest absolute Gasteiger partial charge is 0.175 e. The van der Waals surface area contributed by atoms with Crippen molar-refractivity contribution in [1.82, 2.24) is 5.32 Å². The molecule has 1 rings (SSSR count). The molecule has 4 nitrogen and oxygen atoms in total. The van der Waals surface area contributed by atoms with Gasteiger partial charge >= 0.3 is 0 Å². The summed E-state index contributed by atoms with van der Waals surface area (Å²) in [5.74, 6) is 1.55. The molecule has 0 unspecified atom stereocenters. The van der Waals surface area contributed by atoms with Gasteiger partial charge in [0.1, 0.15) is 0 Å². The molecule has 0 atom stereocenters. The number of halogens is 1. The maximum Gasteiger partial charge on any atom is 0.175 e. The van der Waals surface area contributed by atoms with Crippen molar-refractivity contribution in [3.63, 3.8) is 0 Å². The van der Waals surface area contributed by atoms with Crippen LogP contribution in [-0.2, 0) is 6.54 Å². The Morgan fingerprint density at radius 2 is 1.86 bits per heavy atom. The largest absolute Gasteiger partial charge is 0.490 e. The molecule has 120 valence electrons. The maximum atomic E-state index is 8.73. The Balaban J connectivity index is 2.58. The molecule has 21 heavy (non-hydrogen) atoms. The van der Waals surface area contributed by atoms with E-state index in [2.05, 4.69) is 27.3 Å². The highest BCUT2D eigenvalue weighted by atomic mass is 79.9. The van der Waals surface area contributed by atoms with E-state index in [-0.39, 0.29) is 6.61 Å². The molecule has 0 amide bonds. The predicted molar refractivity (Wildman–Crippen MR) is 89.1 cm³/mol. The number of benzene rings is 1. The minimum absolute atomic E-state index is 0.281. The average Bonchev–Trinajstić information content (AvgIpc) is 2.46. The third-order valence-electron chi connectivity index (χ3n) is 3.00. The Morgan fingerprint density at radius 1 is 1.10 bits per heavy atom. The summed E-state index contributed by atoms with van der Waals surface area (Å²) in [6, 6.07) is 4.09. The van der Waals surface area contributed by atoms with Crippen LogP contribution < -0.4 is 14.8 Å². The van der Waals surface area contributed by atoms with Gasteiger partial charge in [0.25, 0.3) is 0 Å². The monoisotopic (exact) mass is 359 g/mol. The SMILES string of the molecule is CCOc1cc(CNCCCCCO)cc(Br)c1OCC. The number of aliphatic hydroxyl groups is 1. The first-order valence-electron chi connectivity index (χ1n) is 7.62. The fourth-order valence-electron chi connectivity index (χ4n) is 2.04. The van der Waals surface area contributed by atoms with Crippen molar-refractivity contribution >= 4 is 15.9 Å². The van der Waals surface area contributed by atoms with Crippen molar-refractivity contribution in [2.75, 3.05) is 26.4 Å². The molecular weight excluding hydrogens is 334 g/mol. The fraction of sp³-hybridized carbons (Fsp3) is 0.625. The van der Waals surface area contributed by atoms with Crippen LogP contribution in [0.2, 0.25) is 0 Å². The Labute approximate surface area is 136 Å². The zero-order valence-electron chi connectivity index (χ0n) is 13.0. The summed E-state index contributed by atoms with van der Waals surface area (Å²) in [5, 5.41) is 12.1. The molecule has 5 heteroatoms. The van der Waals surface area contributed by atoms with Crippen molar-refractivity contribution in [3.05, 3.63) is 22.2 Å². The molecular formula is C16H26BrNO3. The van der Waals surface area contributed by atoms with Crippen LogP contribution in [0.4, 0.5) is 0 Å². The van der Waals surface area contributed by atoms with Crippen molar-refractivity contribution in [2.45, 2.75) is 39.7 Å². The van der Waals surface area contributed by atoms with Crippen LogP contribution in [0.5, 0.6) is 11.5 Å². The van der Waals surface area contributed by atoms with Crippen LogP contribution in [0.1, 0.15) is 38.7 Å². The zero-order valence-corrected chi connectivity index (χ0v) is 14.5. The summed E-state index contributed by atoms with van der Waals surface area (Å²) < 4.78 is 12.2. The third-order valence-corrected chi connectivity index (χ3v) is 3.59. The molecule has 0 aliphatic carbocycles. The van der Waals surface area contributed by atoms with Gasteiger partial charge in [0.05, 0.1) is 17.7 Å². The van der Waals surface area contributed by atoms with Gasteiger partial charge in [0.15, 0.2) is 11.5 Å². The zero-order chi connectivity index (χ0) is 15.5. The summed E-state index contributed by atoms with van der Waals surface area (Å²) in [7, 11) is 0. The van der Waals surface area contributed by atoms with E-state index < -0.39 is 0 Å². The lowest BCUT2D eigenvalue weighted by molar-refractivity contribution is 0.282. The summed E-state index contributed by atoms with van der Waals surface area (Å²) in [6.45, 7) is 7.19. The van der Waals surface area contributed by atoms with E-state index in [4.69, 9.17) is 14.6 Å². The van der Waals surface area contributed by atoms with Gasteiger partial charge in [0, 0.05) is 13.2 Å². The van der Waals surface area contributed by atoms with Crippen LogP contribution >= 0.6 is 15.9 Å². The first kappa shape index (κ1) is 18.3. The second-order valence-electron chi connectivity index (χ2n) is 4.73. The molecule has 0 saturated carbocycles. The van der Waals surface area contributed by atoms with Gasteiger partial charge in [-0.3, -0.25) is 0 Å². The lowest BCUT2D eigenvalue weighted by Gasteiger charge is -2.15. The Bertz CT molecular complexity index is 413. The maximum absolute atomic E-state index is 8.73. The number of hydrogen-bond donors (Lipinski definition) is 2. The van der Waals surface area contributed by atoms with Gasteiger partial charge in [-0.1, -0.05) is 0 Å². The highest BCUT2D eigenvalue weighted by molar-refractivity contribution is 9.10. The molecule has 0 aromatic heterocycles. The highest BCUT2D eigenvalue weighted by Crippen LogP contribution is 2.36. The van der Waals surface area contributed by atoms with Crippen molar-refractivity contribution in [1.29, 1.82) is 0 Å². The average molecular weight is 360 g/mol. The van der Waals surface area contributed by atoms with E-state index in [1.54, 1.807) is 0 Å². The van der Waals surface area contributed by atoms with E-state index in [1.807, 2.05) is 19.9 Å². The fourth-order valence-corrected chi connectivity index (χ4v) is 2.65. The molecule has 1 aromatic rings. The van der Waals surface area contributed by atoms with Crippen LogP contribution in [-0.4, -0.2) is 31.5 Å². The summed E-state index contributed by atoms with van der Waals surface area (Å²) in [6.07, 6.45) is 3.02. The first-order valence-corrected chi connectivity index (χ1v) is 8.41. The quantitative estimate of drug-likeness (QED) is 0.593. The summed E-state index contributed by atoms with van der Waals surface area (Å²) in [5.41, 5.74) is 1.16. The Hall–Kier alpha value is -0.780. The topological polar surface area (TPSA) is 50.7 Å². The molecule has 0 radical (unpaired) electrons. The molecule has 2 N–H and O–H groups in total. The molecule has 0 heterocycles. The summed E-state index contributed by atoms with van der Waals surface area (Å²) >= 11 is 3.55. The van der Waals surface area contributed by atoms with Crippen LogP contribution in [0.15, 0.2) is 16.6 Å². The molecule has 0 spiro atoms. The standard InChI is InChI=1S/C16H26BrNO3/c1-3-20-15-11-13(10-14(17)16(15)21-4-2)12-18-8-6-5-7-9-19/h10-11,18-19H,3-9,12H2,1-2H3. The molecule has 0 aliphatic heterocycles. The third kappa shape index (κ3) is 6.68. The number of unbranched alkanes of at least 4 members (excludes halogenated alkanes) is 2. The lowest BCUT2D eigenvalue weighted by Crippen LogP contribution is -2.15. The molecule has 1 aromatic carbocycles. The van der Waals surface area contributed by atoms with Crippen LogP contribution in [0, 0.1) is 0 Å². The normalized spacial score (nSPS) is 10.7. The molecule has 0 bridgehead atoms. The first-order chi connectivity index (χ1) is 10.2. The molecule has 0 aliphatic rings. The van der Waals surface area contributed by atoms with Gasteiger partial charge in [-0.2, -0.15) is 0 Å². The Morgan fingerprint density at radius 3 is 2.52 bits per heavy atom. The van der Waals surface area contributed by atoms with E-state index >= 15 is 0 Å². The van der Waals surface area contributed by atoms with Crippen molar-refractivity contribution in [2.24, 2.45) is 0 Å². The highest BCUT2D eigenvalue weighted by Gasteiger charge is 2.11. The van der Waals surface area contributed by atoms with Gasteiger partial charge in [-0.15, -0.1) is 0 Å². The second kappa shape index (κ2) is 10.9. The van der Waals surface area contributed by atoms with Gasteiger partial charge in [-0.05, 0) is 73.3 Å². The van der Waals surface area contributed by atoms with E-state index in [0.29, 0.717) is 13.2 Å². The van der Waals surface area contributed by atoms with Crippen molar-refractivity contribution in [3.8, 4) is 11.5 Å². The van der Waals surface area contributed by atoms with Gasteiger partial charge in [0.2, 0.25) is 0 Å². The predicted octanol–water partition coefficient (Wildman–Crippen LogP) is 3.50. The second-order valence-corrected chi connectivity index (χ2v) is 5.59. The van der Waals surface area contributed by atoms with Crippen LogP contribution in [0.3, 0.4) is 0 Å². The molecule has 0 saturated heterocycles. The Kier molecular flexibility index (Phi) is 9.46. The number of rotatable bonds is 11. The van der Waals surface area contributed by atoms with E-state index in [9.17, 15) is 0 Å². The lowest BCUT2D eigenvalue weighted by atomic mass is 10.2. The van der Waals surface area contributed by atoms with E-state index in [0.717, 1.165) is 53.9 Å². The summed E-state index contributed by atoms with van der Waals surface area (Å²) in [4.78, 5) is 0. The number of aliphatic hydroxyl groups excluding tert-OH is 1. The minimum Gasteiger partial charge on any atom is -0.490 e. The number of nitrogens with one attached hydrogen (secondary N) is 1. The van der Waals surface area contributed by atoms with Gasteiger partial charge in [-0.25, -0.2) is 0 Å². The minimum atomic E-state index is 0.281. The van der Waals surface area contributed by atoms with Crippen LogP contribution in [0.25, 0.3) is 0 Å². The van der Waals surface area contributed by atoms with Gasteiger partial charge < -0.3 is 19.9 Å². The van der Waals surface area contributed by atoms with Crippen molar-refractivity contribution < 1.29 is 14.6 Å². The number of hydrogen-bond acceptors (Lipinski definition) is 4. The van der Waals surface area contributed by atoms with E-state index in [1.165, 1.54) is 0 Å².